The molecule has 0 saturated carbocycles. The minimum absolute atomic E-state index is 0.542. The summed E-state index contributed by atoms with van der Waals surface area (Å²) in [4.78, 5) is 0. The Morgan fingerprint density at radius 1 is 0.923 bits per heavy atom. The molecule has 0 amide bonds. The lowest BCUT2D eigenvalue weighted by atomic mass is 10.2. The molecular formula is C8H5F4I. The molecule has 0 aromatic heterocycles. The molecule has 0 heterocycles. The Kier molecular flexibility index (Phi) is 3.05. The average Bonchev–Trinajstić information content (AvgIpc) is 2.13. The highest BCUT2D eigenvalue weighted by atomic mass is 127. The second-order valence-corrected chi connectivity index (χ2v) is 4.17. The van der Waals surface area contributed by atoms with Crippen molar-refractivity contribution >= 4 is 25.2 Å². The molecule has 5 heteroatoms. The summed E-state index contributed by atoms with van der Waals surface area (Å²) in [6, 6.07) is 0. The van der Waals surface area contributed by atoms with Crippen LogP contribution in [-0.2, 0) is 0 Å². The van der Waals surface area contributed by atoms with Crippen LogP contribution < -0.4 is 0 Å². The van der Waals surface area contributed by atoms with E-state index in [0.717, 1.165) is 6.92 Å². The van der Waals surface area contributed by atoms with Gasteiger partial charge in [0.2, 0.25) is 0 Å². The van der Waals surface area contributed by atoms with Crippen LogP contribution in [0.3, 0.4) is 0 Å². The zero-order valence-electron chi connectivity index (χ0n) is 6.60. The van der Waals surface area contributed by atoms with Crippen molar-refractivity contribution in [2.24, 2.45) is 0 Å². The Hall–Kier alpha value is -0.460. The van der Waals surface area contributed by atoms with Crippen LogP contribution in [-0.4, -0.2) is 4.51 Å². The molecule has 0 radical (unpaired) electrons. The van der Waals surface area contributed by atoms with Crippen LogP contribution in [0.2, 0.25) is 0 Å². The van der Waals surface area contributed by atoms with Crippen LogP contribution in [0.25, 0.3) is 0 Å². The zero-order valence-corrected chi connectivity index (χ0v) is 8.75. The molecule has 0 N–H and O–H groups in total. The fourth-order valence-corrected chi connectivity index (χ4v) is 1.98. The van der Waals surface area contributed by atoms with Crippen LogP contribution in [0, 0.1) is 33.8 Å². The van der Waals surface area contributed by atoms with E-state index >= 15 is 0 Å². The Bertz CT molecular complexity index is 344. The highest BCUT2D eigenvalue weighted by Gasteiger charge is 2.21. The quantitative estimate of drug-likeness (QED) is 0.324. The van der Waals surface area contributed by atoms with Gasteiger partial charge < -0.3 is 0 Å². The minimum Gasteiger partial charge on any atom is -0.203 e. The molecule has 0 unspecified atom stereocenters. The normalized spacial score (nSPS) is 10.5. The summed E-state index contributed by atoms with van der Waals surface area (Å²) in [5.41, 5.74) is -0.629. The molecule has 0 nitrogen and oxygen atoms in total. The molecule has 0 spiro atoms. The standard InChI is InChI=1S/C8H5F4I/c1-3-4(9)6(11)8(13-2)7(12)5(3)10/h2H2,1H3. The zero-order chi connectivity index (χ0) is 10.2. The topological polar surface area (TPSA) is 0 Å². The van der Waals surface area contributed by atoms with Crippen molar-refractivity contribution in [3.63, 3.8) is 0 Å². The molecule has 0 bridgehead atoms. The van der Waals surface area contributed by atoms with Gasteiger partial charge in [-0.25, -0.2) is 17.6 Å². The van der Waals surface area contributed by atoms with Crippen molar-refractivity contribution in [1.29, 1.82) is 0 Å². The summed E-state index contributed by atoms with van der Waals surface area (Å²) in [7, 11) is 0. The van der Waals surface area contributed by atoms with E-state index in [4.69, 9.17) is 0 Å². The molecule has 1 aromatic carbocycles. The van der Waals surface area contributed by atoms with E-state index in [0.29, 0.717) is 0 Å². The third-order valence-corrected chi connectivity index (χ3v) is 3.27. The minimum atomic E-state index is -1.32. The summed E-state index contributed by atoms with van der Waals surface area (Å²) >= 11 is -1.26. The smallest absolute Gasteiger partial charge is 0.175 e. The second-order valence-electron chi connectivity index (χ2n) is 2.33. The molecular weight excluding hydrogens is 299 g/mol. The summed E-state index contributed by atoms with van der Waals surface area (Å²) < 4.78 is 54.2. The van der Waals surface area contributed by atoms with Gasteiger partial charge in [0.25, 0.3) is 0 Å². The Labute approximate surface area is 82.3 Å². The van der Waals surface area contributed by atoms with Crippen LogP contribution in [0.5, 0.6) is 0 Å². The van der Waals surface area contributed by atoms with Crippen LogP contribution in [0.15, 0.2) is 0 Å². The first kappa shape index (κ1) is 10.6. The maximum Gasteiger partial charge on any atom is 0.175 e. The van der Waals surface area contributed by atoms with Crippen molar-refractivity contribution in [2.45, 2.75) is 6.92 Å². The highest BCUT2D eigenvalue weighted by molar-refractivity contribution is 14.2. The van der Waals surface area contributed by atoms with Gasteiger partial charge in [-0.15, -0.1) is 0 Å². The number of hydrogen-bond acceptors (Lipinski definition) is 0. The third kappa shape index (κ3) is 1.61. The van der Waals surface area contributed by atoms with Crippen LogP contribution >= 0.6 is 20.7 Å². The number of hydrogen-bond donors (Lipinski definition) is 0. The second kappa shape index (κ2) is 3.73. The van der Waals surface area contributed by atoms with Crippen LogP contribution in [0.1, 0.15) is 5.56 Å². The molecule has 0 aliphatic carbocycles. The van der Waals surface area contributed by atoms with E-state index in [1.165, 1.54) is 0 Å². The maximum atomic E-state index is 12.9. The largest absolute Gasteiger partial charge is 0.203 e. The lowest BCUT2D eigenvalue weighted by Crippen LogP contribution is -2.02. The van der Waals surface area contributed by atoms with Gasteiger partial charge in [0.15, 0.2) is 23.3 Å². The Morgan fingerprint density at radius 3 is 1.62 bits per heavy atom. The fraction of sp³-hybridized carbons (Fsp3) is 0.125. The van der Waals surface area contributed by atoms with E-state index < -0.39 is 53.1 Å². The van der Waals surface area contributed by atoms with Crippen molar-refractivity contribution in [3.8, 4) is 0 Å². The van der Waals surface area contributed by atoms with Gasteiger partial charge in [-0.1, -0.05) is 25.2 Å². The molecule has 1 aromatic rings. The van der Waals surface area contributed by atoms with Crippen molar-refractivity contribution in [2.75, 3.05) is 0 Å². The molecule has 0 atom stereocenters. The van der Waals surface area contributed by atoms with Gasteiger partial charge in [-0.05, 0) is 6.92 Å². The lowest BCUT2D eigenvalue weighted by molar-refractivity contribution is 0.437. The molecule has 13 heavy (non-hydrogen) atoms. The molecule has 1 rings (SSSR count). The van der Waals surface area contributed by atoms with E-state index in [-0.39, 0.29) is 0 Å². The number of benzene rings is 1. The average molecular weight is 304 g/mol. The summed E-state index contributed by atoms with van der Waals surface area (Å²) in [6.07, 6.45) is 0. The first-order valence-corrected chi connectivity index (χ1v) is 5.82. The van der Waals surface area contributed by atoms with E-state index in [1.807, 2.05) is 0 Å². The molecule has 0 fully saturated rings. The summed E-state index contributed by atoms with van der Waals surface area (Å²) in [5.74, 6) is -5.26. The third-order valence-electron chi connectivity index (χ3n) is 1.56. The van der Waals surface area contributed by atoms with Gasteiger partial charge in [0, 0.05) is 5.56 Å². The highest BCUT2D eigenvalue weighted by Crippen LogP contribution is 2.26. The number of halogens is 5. The molecule has 0 aliphatic rings. The van der Waals surface area contributed by atoms with Gasteiger partial charge in [-0.3, -0.25) is 0 Å². The first-order chi connectivity index (χ1) is 6.00. The predicted octanol–water partition coefficient (Wildman–Crippen LogP) is 3.12. The Balaban J connectivity index is 3.66. The summed E-state index contributed by atoms with van der Waals surface area (Å²) in [6.45, 7) is 0.988. The molecule has 0 aliphatic heterocycles. The van der Waals surface area contributed by atoms with Crippen LogP contribution in [0.4, 0.5) is 17.6 Å². The van der Waals surface area contributed by atoms with Crippen molar-refractivity contribution in [1.82, 2.24) is 0 Å². The van der Waals surface area contributed by atoms with E-state index in [1.54, 1.807) is 0 Å². The molecule has 72 valence electrons. The van der Waals surface area contributed by atoms with Crippen molar-refractivity contribution < 1.29 is 17.6 Å². The van der Waals surface area contributed by atoms with Gasteiger partial charge in [0.1, 0.15) is 0 Å². The number of rotatable bonds is 1. The summed E-state index contributed by atoms with van der Waals surface area (Å²) in [5, 5.41) is 0. The Morgan fingerprint density at radius 2 is 1.31 bits per heavy atom. The van der Waals surface area contributed by atoms with E-state index in [2.05, 4.69) is 4.51 Å². The van der Waals surface area contributed by atoms with Gasteiger partial charge >= 0.3 is 0 Å². The molecule has 0 saturated heterocycles. The maximum absolute atomic E-state index is 12.9. The lowest BCUT2D eigenvalue weighted by Gasteiger charge is -2.04. The first-order valence-electron chi connectivity index (χ1n) is 3.21. The van der Waals surface area contributed by atoms with E-state index in [9.17, 15) is 17.6 Å². The van der Waals surface area contributed by atoms with Gasteiger partial charge in [0.05, 0.1) is 3.57 Å². The predicted molar refractivity (Wildman–Crippen MR) is 50.8 cm³/mol. The SMILES string of the molecule is C=Ic1c(F)c(F)c(C)c(F)c1F. The van der Waals surface area contributed by atoms with Gasteiger partial charge in [-0.2, -0.15) is 0 Å². The fourth-order valence-electron chi connectivity index (χ4n) is 0.832. The van der Waals surface area contributed by atoms with Crippen molar-refractivity contribution in [3.05, 3.63) is 32.4 Å². The monoisotopic (exact) mass is 304 g/mol.